The molecule has 1 aromatic heterocycles. The molecule has 5 heteroatoms. The summed E-state index contributed by atoms with van der Waals surface area (Å²) in [6.45, 7) is 1.09. The summed E-state index contributed by atoms with van der Waals surface area (Å²) in [6.07, 6.45) is 0. The molecule has 0 saturated heterocycles. The molecule has 0 aliphatic rings. The molecule has 0 fully saturated rings. The lowest BCUT2D eigenvalue weighted by Gasteiger charge is -2.12. The fourth-order valence-corrected chi connectivity index (χ4v) is 5.04. The van der Waals surface area contributed by atoms with Crippen molar-refractivity contribution in [2.75, 3.05) is 7.11 Å². The molecule has 1 radical (unpaired) electrons. The number of carbonyl (C=O) groups is 1. The highest BCUT2D eigenvalue weighted by atomic mass is 16.5. The number of amides is 1. The SMILES string of the molecule is COc1ccc(-c2c[c]c3c4c(C(N)=O)cccc4n(Cc4cccc(OCc5ccccc5)c4)c3c2)cc1. The number of ether oxygens (including phenoxy) is 2. The van der Waals surface area contributed by atoms with Crippen molar-refractivity contribution < 1.29 is 14.3 Å². The van der Waals surface area contributed by atoms with Crippen LogP contribution in [0.3, 0.4) is 0 Å². The van der Waals surface area contributed by atoms with Gasteiger partial charge >= 0.3 is 0 Å². The molecule has 2 N–H and O–H groups in total. The Kier molecular flexibility index (Phi) is 6.47. The molecule has 1 amide bonds. The molecule has 1 heterocycles. The monoisotopic (exact) mass is 511 g/mol. The number of nitrogens with zero attached hydrogens (tertiary/aromatic N) is 1. The summed E-state index contributed by atoms with van der Waals surface area (Å²) in [5, 5.41) is 1.69. The number of rotatable bonds is 8. The number of hydrogen-bond acceptors (Lipinski definition) is 3. The molecule has 0 unspecified atom stereocenters. The third-order valence-corrected chi connectivity index (χ3v) is 6.97. The van der Waals surface area contributed by atoms with Crippen LogP contribution in [0.1, 0.15) is 21.5 Å². The first-order valence-electron chi connectivity index (χ1n) is 12.8. The van der Waals surface area contributed by atoms with E-state index in [0.29, 0.717) is 18.7 Å². The second-order valence-electron chi connectivity index (χ2n) is 9.45. The van der Waals surface area contributed by atoms with Gasteiger partial charge in [0.05, 0.1) is 18.1 Å². The van der Waals surface area contributed by atoms with Crippen LogP contribution in [0.25, 0.3) is 32.9 Å². The zero-order valence-corrected chi connectivity index (χ0v) is 21.6. The standard InChI is InChI=1S/C34H27N2O3/c1-38-27-16-13-25(14-17-27)26-15-18-29-32(20-26)36(31-12-6-11-30(33(29)31)34(35)37)21-24-9-5-10-28(19-24)39-22-23-7-3-2-4-8-23/h2-17,19-20H,21-22H2,1H3,(H2,35,37). The van der Waals surface area contributed by atoms with Gasteiger partial charge in [-0.15, -0.1) is 0 Å². The molecule has 6 aromatic rings. The molecule has 0 atom stereocenters. The van der Waals surface area contributed by atoms with E-state index in [9.17, 15) is 4.79 Å². The van der Waals surface area contributed by atoms with E-state index in [-0.39, 0.29) is 0 Å². The lowest BCUT2D eigenvalue weighted by atomic mass is 10.0. The normalized spacial score (nSPS) is 11.1. The van der Waals surface area contributed by atoms with Crippen LogP contribution >= 0.6 is 0 Å². The molecule has 39 heavy (non-hydrogen) atoms. The van der Waals surface area contributed by atoms with Gasteiger partial charge in [-0.1, -0.05) is 60.7 Å². The Balaban J connectivity index is 1.43. The number of fused-ring (bicyclic) bond motifs is 3. The highest BCUT2D eigenvalue weighted by Gasteiger charge is 2.18. The molecule has 5 aromatic carbocycles. The first-order valence-corrected chi connectivity index (χ1v) is 12.8. The van der Waals surface area contributed by atoms with E-state index in [0.717, 1.165) is 55.6 Å². The van der Waals surface area contributed by atoms with E-state index in [1.165, 1.54) is 0 Å². The van der Waals surface area contributed by atoms with Crippen molar-refractivity contribution in [1.29, 1.82) is 0 Å². The van der Waals surface area contributed by atoms with Crippen molar-refractivity contribution in [3.8, 4) is 22.6 Å². The molecule has 6 rings (SSSR count). The fraction of sp³-hybridized carbons (Fsp3) is 0.0882. The van der Waals surface area contributed by atoms with E-state index in [1.54, 1.807) is 13.2 Å². The van der Waals surface area contributed by atoms with Gasteiger partial charge in [0.15, 0.2) is 0 Å². The van der Waals surface area contributed by atoms with E-state index in [2.05, 4.69) is 41.0 Å². The average Bonchev–Trinajstić information content (AvgIpc) is 3.29. The Morgan fingerprint density at radius 2 is 1.56 bits per heavy atom. The van der Waals surface area contributed by atoms with Gasteiger partial charge < -0.3 is 19.8 Å². The summed E-state index contributed by atoms with van der Waals surface area (Å²) in [7, 11) is 1.66. The number of carbonyl (C=O) groups excluding carboxylic acids is 1. The summed E-state index contributed by atoms with van der Waals surface area (Å²) in [5.74, 6) is 1.16. The van der Waals surface area contributed by atoms with Crippen LogP contribution in [0.4, 0.5) is 0 Å². The predicted molar refractivity (Wildman–Crippen MR) is 155 cm³/mol. The number of methoxy groups -OCH3 is 1. The van der Waals surface area contributed by atoms with Crippen LogP contribution in [0.15, 0.2) is 109 Å². The van der Waals surface area contributed by atoms with Gasteiger partial charge in [-0.2, -0.15) is 0 Å². The maximum absolute atomic E-state index is 12.4. The Bertz CT molecular complexity index is 1790. The van der Waals surface area contributed by atoms with Crippen LogP contribution in [0.5, 0.6) is 11.5 Å². The Hall–Kier alpha value is -5.03. The van der Waals surface area contributed by atoms with Crippen LogP contribution in [0, 0.1) is 6.07 Å². The predicted octanol–water partition coefficient (Wildman–Crippen LogP) is 7.00. The summed E-state index contributed by atoms with van der Waals surface area (Å²) in [5.41, 5.74) is 12.5. The summed E-state index contributed by atoms with van der Waals surface area (Å²) in [6, 6.07) is 39.4. The van der Waals surface area contributed by atoms with Crippen LogP contribution in [0.2, 0.25) is 0 Å². The highest BCUT2D eigenvalue weighted by molar-refractivity contribution is 6.18. The molecule has 5 nitrogen and oxygen atoms in total. The minimum Gasteiger partial charge on any atom is -0.497 e. The zero-order valence-electron chi connectivity index (χ0n) is 21.6. The van der Waals surface area contributed by atoms with Crippen molar-refractivity contribution in [2.45, 2.75) is 13.2 Å². The van der Waals surface area contributed by atoms with Crippen LogP contribution in [-0.4, -0.2) is 17.6 Å². The summed E-state index contributed by atoms with van der Waals surface area (Å²) < 4.78 is 13.6. The van der Waals surface area contributed by atoms with Crippen LogP contribution < -0.4 is 15.2 Å². The molecular weight excluding hydrogens is 484 g/mol. The van der Waals surface area contributed by atoms with Gasteiger partial charge in [0.25, 0.3) is 0 Å². The number of nitrogens with two attached hydrogens (primary N) is 1. The first-order chi connectivity index (χ1) is 19.1. The zero-order chi connectivity index (χ0) is 26.8. The first kappa shape index (κ1) is 24.3. The van der Waals surface area contributed by atoms with Gasteiger partial charge in [0.2, 0.25) is 5.91 Å². The number of primary amides is 1. The van der Waals surface area contributed by atoms with Crippen molar-refractivity contribution in [3.05, 3.63) is 132 Å². The second kappa shape index (κ2) is 10.4. The third-order valence-electron chi connectivity index (χ3n) is 6.97. The van der Waals surface area contributed by atoms with Gasteiger partial charge in [0.1, 0.15) is 18.1 Å². The third kappa shape index (κ3) is 4.82. The largest absolute Gasteiger partial charge is 0.497 e. The van der Waals surface area contributed by atoms with Gasteiger partial charge in [-0.05, 0) is 76.9 Å². The van der Waals surface area contributed by atoms with E-state index < -0.39 is 5.91 Å². The van der Waals surface area contributed by atoms with E-state index in [1.807, 2.05) is 72.8 Å². The fourth-order valence-electron chi connectivity index (χ4n) is 5.04. The molecule has 0 bridgehead atoms. The Labute approximate surface area is 227 Å². The van der Waals surface area contributed by atoms with E-state index >= 15 is 0 Å². The summed E-state index contributed by atoms with van der Waals surface area (Å²) in [4.78, 5) is 12.4. The lowest BCUT2D eigenvalue weighted by molar-refractivity contribution is 0.100. The molecular formula is C34H27N2O3. The Morgan fingerprint density at radius 1 is 0.795 bits per heavy atom. The number of benzene rings is 5. The van der Waals surface area contributed by atoms with Crippen molar-refractivity contribution in [2.24, 2.45) is 5.73 Å². The molecule has 0 aliphatic heterocycles. The smallest absolute Gasteiger partial charge is 0.249 e. The molecule has 0 aliphatic carbocycles. The van der Waals surface area contributed by atoms with Crippen molar-refractivity contribution in [1.82, 2.24) is 4.57 Å². The summed E-state index contributed by atoms with van der Waals surface area (Å²) >= 11 is 0. The minimum atomic E-state index is -0.455. The quantitative estimate of drug-likeness (QED) is 0.239. The lowest BCUT2D eigenvalue weighted by Crippen LogP contribution is -2.11. The molecule has 0 saturated carbocycles. The van der Waals surface area contributed by atoms with Gasteiger partial charge in [-0.3, -0.25) is 4.79 Å². The Morgan fingerprint density at radius 3 is 2.33 bits per heavy atom. The molecule has 0 spiro atoms. The second-order valence-corrected chi connectivity index (χ2v) is 9.45. The van der Waals surface area contributed by atoms with E-state index in [4.69, 9.17) is 15.2 Å². The minimum absolute atomic E-state index is 0.455. The highest BCUT2D eigenvalue weighted by Crippen LogP contribution is 2.35. The average molecular weight is 512 g/mol. The molecule has 191 valence electrons. The van der Waals surface area contributed by atoms with Crippen molar-refractivity contribution in [3.63, 3.8) is 0 Å². The van der Waals surface area contributed by atoms with Crippen LogP contribution in [-0.2, 0) is 13.2 Å². The number of hydrogen-bond donors (Lipinski definition) is 1. The van der Waals surface area contributed by atoms with Gasteiger partial charge in [-0.25, -0.2) is 0 Å². The topological polar surface area (TPSA) is 66.5 Å². The van der Waals surface area contributed by atoms with Crippen molar-refractivity contribution >= 4 is 27.7 Å². The maximum Gasteiger partial charge on any atom is 0.249 e. The maximum atomic E-state index is 12.4. The van der Waals surface area contributed by atoms with Gasteiger partial charge in [0, 0.05) is 22.9 Å². The number of aromatic nitrogens is 1.